The fourth-order valence-corrected chi connectivity index (χ4v) is 4.53. The quantitative estimate of drug-likeness (QED) is 0.467. The minimum absolute atomic E-state index is 0.240. The van der Waals surface area contributed by atoms with Crippen LogP contribution in [0.2, 0.25) is 0 Å². The molecule has 0 aliphatic rings. The van der Waals surface area contributed by atoms with Crippen LogP contribution in [0.25, 0.3) is 20.7 Å². The largest absolute Gasteiger partial charge is 0.238 e. The number of thiophene rings is 1. The molecule has 0 fully saturated rings. The first-order valence-corrected chi connectivity index (χ1v) is 8.61. The number of para-hydroxylation sites is 1. The fourth-order valence-electron chi connectivity index (χ4n) is 2.42. The maximum atomic E-state index is 13.7. The van der Waals surface area contributed by atoms with E-state index in [2.05, 4.69) is 29.2 Å². The Balaban J connectivity index is 1.63. The Morgan fingerprint density at radius 1 is 0.864 bits per heavy atom. The Kier molecular flexibility index (Phi) is 3.48. The lowest BCUT2D eigenvalue weighted by Gasteiger charge is -1.95. The lowest BCUT2D eigenvalue weighted by Crippen LogP contribution is -1.82. The average molecular weight is 325 g/mol. The zero-order chi connectivity index (χ0) is 14.9. The molecule has 0 aliphatic carbocycles. The SMILES string of the molecule is Fc1cccc2sc(Cc3ccc(-c4ccccc4)s3)nc12. The predicted octanol–water partition coefficient (Wildman–Crippen LogP) is 5.75. The van der Waals surface area contributed by atoms with E-state index in [1.165, 1.54) is 21.4 Å². The summed E-state index contributed by atoms with van der Waals surface area (Å²) >= 11 is 3.33. The van der Waals surface area contributed by atoms with Crippen molar-refractivity contribution in [1.82, 2.24) is 4.98 Å². The molecule has 2 aromatic heterocycles. The zero-order valence-corrected chi connectivity index (χ0v) is 13.3. The van der Waals surface area contributed by atoms with E-state index >= 15 is 0 Å². The molecule has 0 saturated carbocycles. The summed E-state index contributed by atoms with van der Waals surface area (Å²) in [6.45, 7) is 0. The van der Waals surface area contributed by atoms with Crippen LogP contribution in [-0.4, -0.2) is 4.98 Å². The molecule has 1 nitrogen and oxygen atoms in total. The molecule has 0 bridgehead atoms. The molecule has 2 heterocycles. The van der Waals surface area contributed by atoms with Gasteiger partial charge >= 0.3 is 0 Å². The van der Waals surface area contributed by atoms with Gasteiger partial charge in [-0.2, -0.15) is 0 Å². The van der Waals surface area contributed by atoms with Crippen molar-refractivity contribution in [3.05, 3.63) is 76.4 Å². The van der Waals surface area contributed by atoms with Crippen LogP contribution in [-0.2, 0) is 6.42 Å². The molecule has 4 heteroatoms. The number of thiazole rings is 1. The van der Waals surface area contributed by atoms with Gasteiger partial charge in [-0.3, -0.25) is 0 Å². The fraction of sp³-hybridized carbons (Fsp3) is 0.0556. The Labute approximate surface area is 135 Å². The van der Waals surface area contributed by atoms with Crippen molar-refractivity contribution in [2.75, 3.05) is 0 Å². The van der Waals surface area contributed by atoms with Gasteiger partial charge in [-0.1, -0.05) is 36.4 Å². The van der Waals surface area contributed by atoms with Crippen LogP contribution in [0.15, 0.2) is 60.7 Å². The highest BCUT2D eigenvalue weighted by molar-refractivity contribution is 7.19. The number of nitrogens with zero attached hydrogens (tertiary/aromatic N) is 1. The number of hydrogen-bond acceptors (Lipinski definition) is 3. The Hall–Kier alpha value is -2.04. The van der Waals surface area contributed by atoms with Gasteiger partial charge < -0.3 is 0 Å². The Morgan fingerprint density at radius 3 is 2.55 bits per heavy atom. The second-order valence-electron chi connectivity index (χ2n) is 5.00. The standard InChI is InChI=1S/C18H12FNS2/c19-14-7-4-8-16-18(14)20-17(22-16)11-13-9-10-15(21-13)12-5-2-1-3-6-12/h1-10H,11H2. The molecule has 108 valence electrons. The monoisotopic (exact) mass is 325 g/mol. The van der Waals surface area contributed by atoms with Gasteiger partial charge in [-0.05, 0) is 29.8 Å². The molecule has 0 spiro atoms. The van der Waals surface area contributed by atoms with E-state index in [-0.39, 0.29) is 5.82 Å². The number of halogens is 1. The normalized spacial score (nSPS) is 11.1. The van der Waals surface area contributed by atoms with Crippen molar-refractivity contribution in [3.63, 3.8) is 0 Å². The highest BCUT2D eigenvalue weighted by Gasteiger charge is 2.10. The van der Waals surface area contributed by atoms with E-state index in [1.807, 2.05) is 24.3 Å². The van der Waals surface area contributed by atoms with Gasteiger partial charge in [0.15, 0.2) is 0 Å². The Bertz CT molecular complexity index is 925. The molecule has 0 amide bonds. The summed E-state index contributed by atoms with van der Waals surface area (Å²) in [7, 11) is 0. The van der Waals surface area contributed by atoms with Gasteiger partial charge in [-0.15, -0.1) is 22.7 Å². The average Bonchev–Trinajstić information content (AvgIpc) is 3.16. The van der Waals surface area contributed by atoms with E-state index in [0.717, 1.165) is 16.1 Å². The Morgan fingerprint density at radius 2 is 1.73 bits per heavy atom. The van der Waals surface area contributed by atoms with Crippen LogP contribution in [0.5, 0.6) is 0 Å². The number of fused-ring (bicyclic) bond motifs is 1. The third-order valence-electron chi connectivity index (χ3n) is 3.46. The van der Waals surface area contributed by atoms with Crippen LogP contribution in [0.1, 0.15) is 9.88 Å². The highest BCUT2D eigenvalue weighted by Crippen LogP contribution is 2.31. The van der Waals surface area contributed by atoms with Crippen molar-refractivity contribution in [2.24, 2.45) is 0 Å². The van der Waals surface area contributed by atoms with E-state index in [9.17, 15) is 4.39 Å². The van der Waals surface area contributed by atoms with E-state index in [0.29, 0.717) is 5.52 Å². The summed E-state index contributed by atoms with van der Waals surface area (Å²) in [5, 5.41) is 0.960. The van der Waals surface area contributed by atoms with Gasteiger partial charge in [0.25, 0.3) is 0 Å². The molecule has 0 radical (unpaired) electrons. The molecule has 0 atom stereocenters. The molecular formula is C18H12FNS2. The van der Waals surface area contributed by atoms with E-state index in [1.54, 1.807) is 28.7 Å². The van der Waals surface area contributed by atoms with Crippen molar-refractivity contribution < 1.29 is 4.39 Å². The molecule has 22 heavy (non-hydrogen) atoms. The molecule has 4 rings (SSSR count). The molecular weight excluding hydrogens is 313 g/mol. The lowest BCUT2D eigenvalue weighted by molar-refractivity contribution is 0.637. The third kappa shape index (κ3) is 2.56. The van der Waals surface area contributed by atoms with Crippen molar-refractivity contribution in [2.45, 2.75) is 6.42 Å². The lowest BCUT2D eigenvalue weighted by atomic mass is 10.2. The summed E-state index contributed by atoms with van der Waals surface area (Å²) in [5.74, 6) is -0.240. The third-order valence-corrected chi connectivity index (χ3v) is 5.61. The predicted molar refractivity (Wildman–Crippen MR) is 92.1 cm³/mol. The zero-order valence-electron chi connectivity index (χ0n) is 11.6. The number of hydrogen-bond donors (Lipinski definition) is 0. The van der Waals surface area contributed by atoms with E-state index in [4.69, 9.17) is 0 Å². The first-order chi connectivity index (χ1) is 10.8. The molecule has 0 unspecified atom stereocenters. The number of benzene rings is 2. The summed E-state index contributed by atoms with van der Waals surface area (Å²) in [6.07, 6.45) is 0.760. The first-order valence-electron chi connectivity index (χ1n) is 6.98. The van der Waals surface area contributed by atoms with Crippen LogP contribution in [0, 0.1) is 5.82 Å². The molecule has 4 aromatic rings. The first kappa shape index (κ1) is 13.6. The highest BCUT2D eigenvalue weighted by atomic mass is 32.1. The maximum absolute atomic E-state index is 13.7. The summed E-state index contributed by atoms with van der Waals surface area (Å²) in [6, 6.07) is 19.7. The second kappa shape index (κ2) is 5.63. The van der Waals surface area contributed by atoms with Crippen molar-refractivity contribution in [1.29, 1.82) is 0 Å². The molecule has 0 saturated heterocycles. The van der Waals surface area contributed by atoms with Gasteiger partial charge in [0.1, 0.15) is 11.3 Å². The van der Waals surface area contributed by atoms with E-state index < -0.39 is 0 Å². The summed E-state index contributed by atoms with van der Waals surface area (Å²) in [4.78, 5) is 6.94. The van der Waals surface area contributed by atoms with Crippen LogP contribution in [0.3, 0.4) is 0 Å². The van der Waals surface area contributed by atoms with Crippen LogP contribution < -0.4 is 0 Å². The van der Waals surface area contributed by atoms with Gasteiger partial charge in [0.2, 0.25) is 0 Å². The minimum atomic E-state index is -0.240. The summed E-state index contributed by atoms with van der Waals surface area (Å²) < 4.78 is 14.6. The van der Waals surface area contributed by atoms with Crippen LogP contribution >= 0.6 is 22.7 Å². The van der Waals surface area contributed by atoms with Crippen molar-refractivity contribution in [3.8, 4) is 10.4 Å². The topological polar surface area (TPSA) is 12.9 Å². The maximum Gasteiger partial charge on any atom is 0.150 e. The molecule has 0 N–H and O–H groups in total. The van der Waals surface area contributed by atoms with Gasteiger partial charge in [0.05, 0.1) is 9.71 Å². The van der Waals surface area contributed by atoms with Gasteiger partial charge in [-0.25, -0.2) is 9.37 Å². The number of rotatable bonds is 3. The summed E-state index contributed by atoms with van der Waals surface area (Å²) in [5.41, 5.74) is 1.72. The van der Waals surface area contributed by atoms with Crippen molar-refractivity contribution >= 4 is 32.9 Å². The van der Waals surface area contributed by atoms with Crippen LogP contribution in [0.4, 0.5) is 4.39 Å². The molecule has 2 aromatic carbocycles. The second-order valence-corrected chi connectivity index (χ2v) is 7.29. The van der Waals surface area contributed by atoms with Gasteiger partial charge in [0, 0.05) is 16.2 Å². The molecule has 0 aliphatic heterocycles. The number of aromatic nitrogens is 1. The smallest absolute Gasteiger partial charge is 0.150 e. The minimum Gasteiger partial charge on any atom is -0.238 e.